The van der Waals surface area contributed by atoms with Crippen LogP contribution >= 0.6 is 23.2 Å². The summed E-state index contributed by atoms with van der Waals surface area (Å²) >= 11 is 12.5. The van der Waals surface area contributed by atoms with Crippen LogP contribution in [-0.2, 0) is 16.1 Å². The molecular weight excluding hydrogens is 557 g/mol. The standard InChI is InChI=1S/C34H39Cl2NO4/c1-4-16-34(17-18-41-22-24-8-14-29(40-3)15-9-24)21-30(26-6-5-7-28(36)20-26)32(37-33(34)39)23(2)19-31(38)25-10-12-27(35)13-11-25/h4-15,20,23,30-32,38H,1,16-19,21-22H2,2-3H3,(H,37,39)/t23?,30-,31+,32+,34+/m1/s1. The number of aliphatic hydroxyl groups is 1. The molecule has 4 rings (SSSR count). The highest BCUT2D eigenvalue weighted by atomic mass is 35.5. The number of amides is 1. The maximum Gasteiger partial charge on any atom is 0.226 e. The van der Waals surface area contributed by atoms with E-state index in [2.05, 4.69) is 24.9 Å². The van der Waals surface area contributed by atoms with Crippen LogP contribution in [0.25, 0.3) is 0 Å². The van der Waals surface area contributed by atoms with Gasteiger partial charge in [-0.2, -0.15) is 0 Å². The van der Waals surface area contributed by atoms with Gasteiger partial charge >= 0.3 is 0 Å². The summed E-state index contributed by atoms with van der Waals surface area (Å²) in [6, 6.07) is 22.7. The number of hydrogen-bond donors (Lipinski definition) is 2. The second-order valence-corrected chi connectivity index (χ2v) is 11.9. The number of aliphatic hydroxyl groups excluding tert-OH is 1. The van der Waals surface area contributed by atoms with Crippen LogP contribution in [0.1, 0.15) is 61.3 Å². The lowest BCUT2D eigenvalue weighted by molar-refractivity contribution is -0.138. The number of methoxy groups -OCH3 is 1. The molecule has 5 atom stereocenters. The minimum atomic E-state index is -0.676. The van der Waals surface area contributed by atoms with E-state index < -0.39 is 11.5 Å². The molecule has 1 fully saturated rings. The minimum Gasteiger partial charge on any atom is -0.497 e. The summed E-state index contributed by atoms with van der Waals surface area (Å²) in [6.07, 6.45) is 3.37. The summed E-state index contributed by atoms with van der Waals surface area (Å²) in [5.74, 6) is 0.790. The zero-order valence-corrected chi connectivity index (χ0v) is 25.2. The molecule has 1 amide bonds. The van der Waals surface area contributed by atoms with E-state index in [1.165, 1.54) is 0 Å². The van der Waals surface area contributed by atoms with E-state index in [0.29, 0.717) is 48.9 Å². The van der Waals surface area contributed by atoms with Crippen molar-refractivity contribution in [3.05, 3.63) is 112 Å². The number of allylic oxidation sites excluding steroid dienone is 1. The molecule has 1 aliphatic rings. The first-order chi connectivity index (χ1) is 19.7. The van der Waals surface area contributed by atoms with Gasteiger partial charge in [-0.05, 0) is 84.7 Å². The molecule has 218 valence electrons. The van der Waals surface area contributed by atoms with Crippen LogP contribution in [0.5, 0.6) is 5.75 Å². The van der Waals surface area contributed by atoms with Crippen molar-refractivity contribution in [3.63, 3.8) is 0 Å². The highest BCUT2D eigenvalue weighted by molar-refractivity contribution is 6.30. The summed E-state index contributed by atoms with van der Waals surface area (Å²) in [5.41, 5.74) is 2.25. The average molecular weight is 597 g/mol. The predicted molar refractivity (Wildman–Crippen MR) is 165 cm³/mol. The molecule has 0 radical (unpaired) electrons. The van der Waals surface area contributed by atoms with Crippen molar-refractivity contribution < 1.29 is 19.4 Å². The van der Waals surface area contributed by atoms with Gasteiger partial charge in [-0.3, -0.25) is 4.79 Å². The van der Waals surface area contributed by atoms with Gasteiger partial charge in [0.05, 0.1) is 25.2 Å². The van der Waals surface area contributed by atoms with Crippen molar-refractivity contribution in [3.8, 4) is 5.75 Å². The van der Waals surface area contributed by atoms with Crippen molar-refractivity contribution >= 4 is 29.1 Å². The van der Waals surface area contributed by atoms with E-state index in [0.717, 1.165) is 22.4 Å². The number of rotatable bonds is 13. The molecule has 1 heterocycles. The quantitative estimate of drug-likeness (QED) is 0.156. The largest absolute Gasteiger partial charge is 0.497 e. The van der Waals surface area contributed by atoms with Crippen molar-refractivity contribution in [2.75, 3.05) is 13.7 Å². The molecule has 3 aromatic rings. The third kappa shape index (κ3) is 7.92. The Kier molecular flexibility index (Phi) is 10.9. The van der Waals surface area contributed by atoms with Gasteiger partial charge in [-0.1, -0.05) is 72.6 Å². The maximum absolute atomic E-state index is 13.9. The van der Waals surface area contributed by atoms with Crippen LogP contribution in [0.15, 0.2) is 85.5 Å². The van der Waals surface area contributed by atoms with Crippen LogP contribution in [0.3, 0.4) is 0 Å². The van der Waals surface area contributed by atoms with Crippen LogP contribution in [-0.4, -0.2) is 30.8 Å². The van der Waals surface area contributed by atoms with E-state index >= 15 is 0 Å². The number of halogens is 2. The molecule has 0 saturated carbocycles. The molecule has 1 saturated heterocycles. The third-order valence-corrected chi connectivity index (χ3v) is 8.74. The Bertz CT molecular complexity index is 1300. The number of nitrogens with one attached hydrogen (secondary N) is 1. The highest BCUT2D eigenvalue weighted by Crippen LogP contribution is 2.46. The Hall–Kier alpha value is -2.83. The summed E-state index contributed by atoms with van der Waals surface area (Å²) in [7, 11) is 1.64. The SMILES string of the molecule is C=CC[C@]1(CCOCc2ccc(OC)cc2)C[C@H](c2cccc(Cl)c2)[C@H](C(C)C[C@H](O)c2ccc(Cl)cc2)NC1=O. The molecule has 0 aromatic heterocycles. The maximum atomic E-state index is 13.9. The van der Waals surface area contributed by atoms with E-state index in [4.69, 9.17) is 32.7 Å². The van der Waals surface area contributed by atoms with Crippen LogP contribution in [0, 0.1) is 11.3 Å². The zero-order chi connectivity index (χ0) is 29.4. The molecule has 2 N–H and O–H groups in total. The van der Waals surface area contributed by atoms with Gasteiger partial charge in [-0.15, -0.1) is 6.58 Å². The van der Waals surface area contributed by atoms with Crippen molar-refractivity contribution in [1.82, 2.24) is 5.32 Å². The molecule has 7 heteroatoms. The number of piperidine rings is 1. The molecule has 0 aliphatic carbocycles. The van der Waals surface area contributed by atoms with E-state index in [1.807, 2.05) is 60.7 Å². The summed E-state index contributed by atoms with van der Waals surface area (Å²) in [4.78, 5) is 13.9. The normalized spacial score (nSPS) is 22.0. The van der Waals surface area contributed by atoms with Crippen LogP contribution < -0.4 is 10.1 Å². The molecule has 1 unspecified atom stereocenters. The van der Waals surface area contributed by atoms with E-state index in [9.17, 15) is 9.90 Å². The Morgan fingerprint density at radius 3 is 2.49 bits per heavy atom. The highest BCUT2D eigenvalue weighted by Gasteiger charge is 2.48. The van der Waals surface area contributed by atoms with Gasteiger partial charge in [0, 0.05) is 28.6 Å². The van der Waals surface area contributed by atoms with Crippen molar-refractivity contribution in [2.24, 2.45) is 11.3 Å². The van der Waals surface area contributed by atoms with Crippen molar-refractivity contribution in [2.45, 2.75) is 57.3 Å². The van der Waals surface area contributed by atoms with Crippen LogP contribution in [0.2, 0.25) is 10.0 Å². The Balaban J connectivity index is 1.51. The lowest BCUT2D eigenvalue weighted by atomic mass is 9.65. The number of hydrogen-bond acceptors (Lipinski definition) is 4. The molecule has 1 aliphatic heterocycles. The fraction of sp³-hybridized carbons (Fsp3) is 0.382. The molecule has 3 aromatic carbocycles. The molecular formula is C34H39Cl2NO4. The average Bonchev–Trinajstić information content (AvgIpc) is 2.97. The third-order valence-electron chi connectivity index (χ3n) is 8.25. The lowest BCUT2D eigenvalue weighted by Crippen LogP contribution is -2.56. The number of carbonyl (C=O) groups excluding carboxylic acids is 1. The topological polar surface area (TPSA) is 67.8 Å². The summed E-state index contributed by atoms with van der Waals surface area (Å²) < 4.78 is 11.3. The second kappa shape index (κ2) is 14.4. The molecule has 0 spiro atoms. The minimum absolute atomic E-state index is 0.000330. The first kappa shape index (κ1) is 31.1. The molecule has 5 nitrogen and oxygen atoms in total. The Morgan fingerprint density at radius 2 is 1.83 bits per heavy atom. The van der Waals surface area contributed by atoms with Gasteiger partial charge < -0.3 is 19.9 Å². The van der Waals surface area contributed by atoms with Crippen molar-refractivity contribution in [1.29, 1.82) is 0 Å². The van der Waals surface area contributed by atoms with Gasteiger partial charge in [0.1, 0.15) is 5.75 Å². The fourth-order valence-corrected chi connectivity index (χ4v) is 6.24. The molecule has 41 heavy (non-hydrogen) atoms. The first-order valence-corrected chi connectivity index (χ1v) is 14.8. The van der Waals surface area contributed by atoms with Crippen LogP contribution in [0.4, 0.5) is 0 Å². The first-order valence-electron chi connectivity index (χ1n) is 14.1. The number of ether oxygens (including phenoxy) is 2. The lowest BCUT2D eigenvalue weighted by Gasteiger charge is -2.46. The van der Waals surface area contributed by atoms with E-state index in [1.54, 1.807) is 19.2 Å². The monoisotopic (exact) mass is 595 g/mol. The van der Waals surface area contributed by atoms with E-state index in [-0.39, 0.29) is 23.8 Å². The van der Waals surface area contributed by atoms with Gasteiger partial charge in [0.25, 0.3) is 0 Å². The molecule has 0 bridgehead atoms. The number of benzene rings is 3. The fourth-order valence-electron chi connectivity index (χ4n) is 5.92. The van der Waals surface area contributed by atoms with Gasteiger partial charge in [-0.25, -0.2) is 0 Å². The Labute approximate surface area is 253 Å². The summed E-state index contributed by atoms with van der Waals surface area (Å²) in [6.45, 7) is 6.95. The Morgan fingerprint density at radius 1 is 1.10 bits per heavy atom. The smallest absolute Gasteiger partial charge is 0.226 e. The second-order valence-electron chi connectivity index (χ2n) is 11.1. The summed E-state index contributed by atoms with van der Waals surface area (Å²) in [5, 5.41) is 15.7. The predicted octanol–water partition coefficient (Wildman–Crippen LogP) is 7.90. The van der Waals surface area contributed by atoms with Gasteiger partial charge in [0.2, 0.25) is 5.91 Å². The number of carbonyl (C=O) groups is 1. The zero-order valence-electron chi connectivity index (χ0n) is 23.7. The van der Waals surface area contributed by atoms with Gasteiger partial charge in [0.15, 0.2) is 0 Å².